The largest absolute Gasteiger partial charge is 0.465 e. The Morgan fingerprint density at radius 1 is 1.55 bits per heavy atom. The van der Waals surface area contributed by atoms with E-state index in [2.05, 4.69) is 31.0 Å². The van der Waals surface area contributed by atoms with Gasteiger partial charge in [0.1, 0.15) is 10.7 Å². The molecule has 1 heterocycles. The predicted molar refractivity (Wildman–Crippen MR) is 80.6 cm³/mol. The SMILES string of the molecule is COC(=O)c1sc(Nc2c(Cl)cc(F)cc2Br)nc1C. The summed E-state index contributed by atoms with van der Waals surface area (Å²) in [6, 6.07) is 2.48. The molecule has 0 bridgehead atoms. The average molecular weight is 380 g/mol. The zero-order valence-electron chi connectivity index (χ0n) is 10.5. The molecule has 0 saturated heterocycles. The maximum atomic E-state index is 13.2. The van der Waals surface area contributed by atoms with Crippen LogP contribution in [-0.4, -0.2) is 18.1 Å². The number of carbonyl (C=O) groups is 1. The van der Waals surface area contributed by atoms with Crippen molar-refractivity contribution < 1.29 is 13.9 Å². The third-order valence-electron chi connectivity index (χ3n) is 2.41. The highest BCUT2D eigenvalue weighted by Crippen LogP contribution is 2.35. The highest BCUT2D eigenvalue weighted by Gasteiger charge is 2.17. The topological polar surface area (TPSA) is 51.2 Å². The lowest BCUT2D eigenvalue weighted by molar-refractivity contribution is 0.0605. The van der Waals surface area contributed by atoms with E-state index in [9.17, 15) is 9.18 Å². The maximum Gasteiger partial charge on any atom is 0.350 e. The first-order valence-corrected chi connectivity index (χ1v) is 7.38. The van der Waals surface area contributed by atoms with Crippen molar-refractivity contribution in [1.82, 2.24) is 4.98 Å². The van der Waals surface area contributed by atoms with Crippen LogP contribution in [0, 0.1) is 12.7 Å². The van der Waals surface area contributed by atoms with E-state index in [0.717, 1.165) is 11.3 Å². The van der Waals surface area contributed by atoms with Crippen LogP contribution in [0.2, 0.25) is 5.02 Å². The first-order chi connectivity index (χ1) is 9.42. The Balaban J connectivity index is 2.34. The summed E-state index contributed by atoms with van der Waals surface area (Å²) in [5, 5.41) is 3.64. The fraction of sp³-hybridized carbons (Fsp3) is 0.167. The van der Waals surface area contributed by atoms with Crippen LogP contribution in [0.1, 0.15) is 15.4 Å². The number of benzene rings is 1. The molecule has 0 radical (unpaired) electrons. The molecule has 106 valence electrons. The molecule has 0 amide bonds. The second-order valence-corrected chi connectivity index (χ2v) is 6.06. The van der Waals surface area contributed by atoms with Gasteiger partial charge in [0.15, 0.2) is 5.13 Å². The van der Waals surface area contributed by atoms with Crippen molar-refractivity contribution >= 4 is 55.7 Å². The lowest BCUT2D eigenvalue weighted by Crippen LogP contribution is -1.99. The van der Waals surface area contributed by atoms with Crippen molar-refractivity contribution in [3.63, 3.8) is 0 Å². The van der Waals surface area contributed by atoms with E-state index in [1.165, 1.54) is 19.2 Å². The van der Waals surface area contributed by atoms with Crippen LogP contribution < -0.4 is 5.32 Å². The quantitative estimate of drug-likeness (QED) is 0.796. The van der Waals surface area contributed by atoms with Gasteiger partial charge in [-0.15, -0.1) is 0 Å². The second-order valence-electron chi connectivity index (χ2n) is 3.79. The fourth-order valence-corrected chi connectivity index (χ4v) is 3.29. The van der Waals surface area contributed by atoms with Gasteiger partial charge in [-0.2, -0.15) is 0 Å². The number of carbonyl (C=O) groups excluding carboxylic acids is 1. The maximum absolute atomic E-state index is 13.2. The van der Waals surface area contributed by atoms with Gasteiger partial charge >= 0.3 is 5.97 Å². The number of nitrogens with zero attached hydrogens (tertiary/aromatic N) is 1. The number of hydrogen-bond donors (Lipinski definition) is 1. The summed E-state index contributed by atoms with van der Waals surface area (Å²) >= 11 is 10.3. The number of ether oxygens (including phenoxy) is 1. The van der Waals surface area contributed by atoms with E-state index in [1.807, 2.05) is 0 Å². The third kappa shape index (κ3) is 3.11. The van der Waals surface area contributed by atoms with Crippen LogP contribution in [0.5, 0.6) is 0 Å². The molecule has 1 aromatic heterocycles. The number of esters is 1. The summed E-state index contributed by atoms with van der Waals surface area (Å²) < 4.78 is 18.3. The molecule has 1 N–H and O–H groups in total. The molecule has 0 aliphatic heterocycles. The highest BCUT2D eigenvalue weighted by molar-refractivity contribution is 9.10. The van der Waals surface area contributed by atoms with Crippen molar-refractivity contribution in [2.24, 2.45) is 0 Å². The Morgan fingerprint density at radius 2 is 2.25 bits per heavy atom. The van der Waals surface area contributed by atoms with Gasteiger partial charge in [0.2, 0.25) is 0 Å². The number of thiazole rings is 1. The van der Waals surface area contributed by atoms with Crippen molar-refractivity contribution in [3.8, 4) is 0 Å². The Hall–Kier alpha value is -1.18. The number of rotatable bonds is 3. The van der Waals surface area contributed by atoms with Crippen LogP contribution in [0.3, 0.4) is 0 Å². The molecule has 0 saturated carbocycles. The minimum atomic E-state index is -0.447. The summed E-state index contributed by atoms with van der Waals surface area (Å²) in [7, 11) is 1.31. The summed E-state index contributed by atoms with van der Waals surface area (Å²) in [5.74, 6) is -0.893. The van der Waals surface area contributed by atoms with Crippen molar-refractivity contribution in [3.05, 3.63) is 38.0 Å². The summed E-state index contributed by atoms with van der Waals surface area (Å²) in [5.41, 5.74) is 1.04. The van der Waals surface area contributed by atoms with Crippen molar-refractivity contribution in [2.45, 2.75) is 6.92 Å². The molecule has 0 unspecified atom stereocenters. The zero-order chi connectivity index (χ0) is 14.9. The van der Waals surface area contributed by atoms with E-state index in [4.69, 9.17) is 11.6 Å². The molecule has 2 rings (SSSR count). The number of aromatic nitrogens is 1. The Labute approximate surface area is 132 Å². The van der Waals surface area contributed by atoms with E-state index in [-0.39, 0.29) is 5.02 Å². The Kier molecular flexibility index (Phi) is 4.62. The molecule has 0 aliphatic rings. The third-order valence-corrected chi connectivity index (χ3v) is 4.38. The molecular formula is C12H9BrClFN2O2S. The first-order valence-electron chi connectivity index (χ1n) is 5.39. The molecule has 20 heavy (non-hydrogen) atoms. The number of aryl methyl sites for hydroxylation is 1. The molecule has 0 fully saturated rings. The normalized spacial score (nSPS) is 10.4. The van der Waals surface area contributed by atoms with Crippen molar-refractivity contribution in [2.75, 3.05) is 12.4 Å². The summed E-state index contributed by atoms with van der Waals surface area (Å²) in [4.78, 5) is 16.1. The van der Waals surface area contributed by atoms with Gasteiger partial charge in [-0.1, -0.05) is 22.9 Å². The molecule has 0 atom stereocenters. The van der Waals surface area contributed by atoms with Gasteiger partial charge in [-0.05, 0) is 35.0 Å². The van der Waals surface area contributed by atoms with Crippen LogP contribution in [0.25, 0.3) is 0 Å². The smallest absolute Gasteiger partial charge is 0.350 e. The molecule has 1 aromatic carbocycles. The molecule has 0 aliphatic carbocycles. The van der Waals surface area contributed by atoms with Crippen LogP contribution in [-0.2, 0) is 4.74 Å². The van der Waals surface area contributed by atoms with Gasteiger partial charge in [-0.25, -0.2) is 14.2 Å². The fourth-order valence-electron chi connectivity index (χ4n) is 1.50. The van der Waals surface area contributed by atoms with Crippen LogP contribution in [0.15, 0.2) is 16.6 Å². The van der Waals surface area contributed by atoms with Gasteiger partial charge in [0, 0.05) is 4.47 Å². The first kappa shape index (κ1) is 15.2. The minimum Gasteiger partial charge on any atom is -0.465 e. The van der Waals surface area contributed by atoms with E-state index < -0.39 is 11.8 Å². The minimum absolute atomic E-state index is 0.212. The van der Waals surface area contributed by atoms with Gasteiger partial charge in [-0.3, -0.25) is 0 Å². The van der Waals surface area contributed by atoms with Gasteiger partial charge < -0.3 is 10.1 Å². The van der Waals surface area contributed by atoms with Crippen molar-refractivity contribution in [1.29, 1.82) is 0 Å². The van der Waals surface area contributed by atoms with Gasteiger partial charge in [0.05, 0.1) is 23.5 Å². The number of anilines is 2. The molecule has 0 spiro atoms. The van der Waals surface area contributed by atoms with Crippen LogP contribution in [0.4, 0.5) is 15.2 Å². The Morgan fingerprint density at radius 3 is 2.85 bits per heavy atom. The van der Waals surface area contributed by atoms with E-state index in [1.54, 1.807) is 6.92 Å². The second kappa shape index (κ2) is 6.07. The highest BCUT2D eigenvalue weighted by atomic mass is 79.9. The molecule has 8 heteroatoms. The van der Waals surface area contributed by atoms with E-state index >= 15 is 0 Å². The number of nitrogens with one attached hydrogen (secondary N) is 1. The zero-order valence-corrected chi connectivity index (χ0v) is 13.6. The predicted octanol–water partition coefficient (Wildman–Crippen LogP) is 4.54. The Bertz CT molecular complexity index is 654. The summed E-state index contributed by atoms with van der Waals surface area (Å²) in [6.45, 7) is 1.70. The lowest BCUT2D eigenvalue weighted by atomic mass is 10.3. The van der Waals surface area contributed by atoms with E-state index in [0.29, 0.717) is 25.9 Å². The summed E-state index contributed by atoms with van der Waals surface area (Å²) in [6.07, 6.45) is 0. The van der Waals surface area contributed by atoms with Gasteiger partial charge in [0.25, 0.3) is 0 Å². The molecular weight excluding hydrogens is 371 g/mol. The lowest BCUT2D eigenvalue weighted by Gasteiger charge is -2.07. The number of halogens is 3. The molecule has 4 nitrogen and oxygen atoms in total. The standard InChI is InChI=1S/C12H9BrClFN2O2S/c1-5-10(11(18)19-2)20-12(16-5)17-9-7(13)3-6(15)4-8(9)14/h3-4H,1-2H3,(H,16,17). The van der Waals surface area contributed by atoms with Crippen LogP contribution >= 0.6 is 38.9 Å². The number of methoxy groups -OCH3 is 1. The number of hydrogen-bond acceptors (Lipinski definition) is 5. The molecule has 2 aromatic rings. The monoisotopic (exact) mass is 378 g/mol. The average Bonchev–Trinajstić information content (AvgIpc) is 2.74.